The van der Waals surface area contributed by atoms with Crippen LogP contribution < -0.4 is 11.5 Å². The summed E-state index contributed by atoms with van der Waals surface area (Å²) in [4.78, 5) is 9.23. The highest BCUT2D eigenvalue weighted by atomic mass is 35.5. The molecule has 0 fully saturated rings. The molecule has 5 aromatic carbocycles. The number of nitrogens with two attached hydrogens (primary N) is 2. The average Bonchev–Trinajstić information content (AvgIpc) is 2.94. The molecule has 0 unspecified atom stereocenters. The van der Waals surface area contributed by atoms with Gasteiger partial charge in [0.2, 0.25) is 0 Å². The maximum atomic E-state index is 6.56. The molecule has 0 aliphatic rings. The summed E-state index contributed by atoms with van der Waals surface area (Å²) in [7, 11) is 0. The number of hydrogen-bond acceptors (Lipinski definition) is 2. The van der Waals surface area contributed by atoms with Gasteiger partial charge in [0.1, 0.15) is 11.7 Å². The Labute approximate surface area is 258 Å². The van der Waals surface area contributed by atoms with Crippen molar-refractivity contribution in [1.29, 1.82) is 0 Å². The largest absolute Gasteiger partial charge is 0.383 e. The van der Waals surface area contributed by atoms with Crippen molar-refractivity contribution in [3.63, 3.8) is 0 Å². The molecule has 0 saturated carbocycles. The number of rotatable bonds is 6. The summed E-state index contributed by atoms with van der Waals surface area (Å²) < 4.78 is 0. The van der Waals surface area contributed by atoms with Crippen LogP contribution in [0.25, 0.3) is 22.3 Å². The molecule has 0 radical (unpaired) electrons. The summed E-state index contributed by atoms with van der Waals surface area (Å²) in [6, 6.07) is 41.3. The molecule has 0 aliphatic carbocycles. The van der Waals surface area contributed by atoms with Crippen LogP contribution in [0.5, 0.6) is 0 Å². The minimum absolute atomic E-state index is 0. The third-order valence-corrected chi connectivity index (χ3v) is 6.11. The quantitative estimate of drug-likeness (QED) is 0.149. The molecular formula is C32H28Cl4N4. The molecule has 0 atom stereocenters. The van der Waals surface area contributed by atoms with Crippen LogP contribution >= 0.6 is 48.8 Å². The Morgan fingerprint density at radius 3 is 1.25 bits per heavy atom. The number of nitrogens with zero attached hydrogens (tertiary/aromatic N) is 2. The van der Waals surface area contributed by atoms with Crippen LogP contribution in [0.2, 0.25) is 5.02 Å². The van der Waals surface area contributed by atoms with E-state index >= 15 is 0 Å². The molecule has 5 aromatic rings. The summed E-state index contributed by atoms with van der Waals surface area (Å²) in [5.74, 6) is 0.938. The highest BCUT2D eigenvalue weighted by molar-refractivity contribution is 6.31. The van der Waals surface area contributed by atoms with Gasteiger partial charge in [0, 0.05) is 16.1 Å². The molecule has 204 valence electrons. The normalized spacial score (nSPS) is 11.0. The number of aliphatic imine (C=N–C) groups is 2. The number of benzene rings is 5. The minimum atomic E-state index is 0. The van der Waals surface area contributed by atoms with Crippen molar-refractivity contribution in [2.75, 3.05) is 0 Å². The van der Waals surface area contributed by atoms with Crippen LogP contribution in [0.3, 0.4) is 0 Å². The van der Waals surface area contributed by atoms with Crippen LogP contribution in [0, 0.1) is 0 Å². The molecular weight excluding hydrogens is 582 g/mol. The van der Waals surface area contributed by atoms with Crippen LogP contribution in [-0.4, -0.2) is 11.7 Å². The van der Waals surface area contributed by atoms with E-state index in [1.807, 2.05) is 121 Å². The van der Waals surface area contributed by atoms with Crippen molar-refractivity contribution in [1.82, 2.24) is 0 Å². The smallest absolute Gasteiger partial charge is 0.131 e. The predicted molar refractivity (Wildman–Crippen MR) is 178 cm³/mol. The summed E-state index contributed by atoms with van der Waals surface area (Å²) in [6.07, 6.45) is 0. The lowest BCUT2D eigenvalue weighted by molar-refractivity contribution is 1.44. The molecule has 40 heavy (non-hydrogen) atoms. The van der Waals surface area contributed by atoms with Crippen molar-refractivity contribution in [2.45, 2.75) is 0 Å². The Hall–Kier alpha value is -3.80. The zero-order valence-electron chi connectivity index (χ0n) is 21.3. The zero-order chi connectivity index (χ0) is 25.6. The second-order valence-electron chi connectivity index (χ2n) is 8.56. The Morgan fingerprint density at radius 2 is 0.850 bits per heavy atom. The first-order valence-corrected chi connectivity index (χ1v) is 12.2. The predicted octanol–water partition coefficient (Wildman–Crippen LogP) is 9.01. The van der Waals surface area contributed by atoms with Crippen LogP contribution in [0.4, 0.5) is 11.4 Å². The van der Waals surface area contributed by atoms with Gasteiger partial charge in [-0.2, -0.15) is 0 Å². The highest BCUT2D eigenvalue weighted by Gasteiger charge is 2.07. The van der Waals surface area contributed by atoms with Gasteiger partial charge in [-0.05, 0) is 64.7 Å². The molecule has 0 saturated heterocycles. The van der Waals surface area contributed by atoms with E-state index in [4.69, 9.17) is 23.1 Å². The lowest BCUT2D eigenvalue weighted by Gasteiger charge is -2.10. The maximum absolute atomic E-state index is 6.56. The van der Waals surface area contributed by atoms with Crippen LogP contribution in [0.15, 0.2) is 137 Å². The third kappa shape index (κ3) is 8.10. The lowest BCUT2D eigenvalue weighted by Crippen LogP contribution is -2.12. The van der Waals surface area contributed by atoms with E-state index in [1.165, 1.54) is 0 Å². The molecule has 0 heterocycles. The first kappa shape index (κ1) is 32.4. The third-order valence-electron chi connectivity index (χ3n) is 5.89. The standard InChI is InChI=1S/C32H25ClN4.3ClH/c33-28-18-26(24-13-7-15-29(20-24)36-31(34)22-9-3-1-4-10-22)17-27(19-28)25-14-8-16-30(21-25)37-32(35)23-11-5-2-6-12-23;;;/h1-21H,(H2,34,36)(H2,35,37);3*1H. The van der Waals surface area contributed by atoms with E-state index in [2.05, 4.69) is 16.1 Å². The summed E-state index contributed by atoms with van der Waals surface area (Å²) in [5, 5.41) is 0.642. The summed E-state index contributed by atoms with van der Waals surface area (Å²) in [5.41, 5.74) is 19.7. The zero-order valence-corrected chi connectivity index (χ0v) is 24.5. The number of hydrogen-bond donors (Lipinski definition) is 2. The molecule has 4 N–H and O–H groups in total. The molecule has 0 bridgehead atoms. The Bertz CT molecular complexity index is 1490. The van der Waals surface area contributed by atoms with Crippen molar-refractivity contribution < 1.29 is 0 Å². The van der Waals surface area contributed by atoms with Crippen LogP contribution in [-0.2, 0) is 0 Å². The molecule has 4 nitrogen and oxygen atoms in total. The molecule has 0 spiro atoms. The Kier molecular flexibility index (Phi) is 12.2. The lowest BCUT2D eigenvalue weighted by atomic mass is 9.98. The molecule has 8 heteroatoms. The second kappa shape index (κ2) is 15.1. The SMILES string of the molecule is Cl.Cl.Cl.NC(=Nc1cccc(-c2cc(Cl)cc(-c3cccc(N=C(N)c4ccccc4)c3)c2)c1)c1ccccc1. The fourth-order valence-electron chi connectivity index (χ4n) is 4.06. The fourth-order valence-corrected chi connectivity index (χ4v) is 4.29. The van der Waals surface area contributed by atoms with Crippen molar-refractivity contribution >= 4 is 71.9 Å². The van der Waals surface area contributed by atoms with Gasteiger partial charge in [0.05, 0.1) is 11.4 Å². The van der Waals surface area contributed by atoms with Gasteiger partial charge in [0.15, 0.2) is 0 Å². The van der Waals surface area contributed by atoms with E-state index in [1.54, 1.807) is 0 Å². The van der Waals surface area contributed by atoms with E-state index in [9.17, 15) is 0 Å². The maximum Gasteiger partial charge on any atom is 0.131 e. The van der Waals surface area contributed by atoms with Gasteiger partial charge < -0.3 is 11.5 Å². The van der Waals surface area contributed by atoms with E-state index in [0.717, 1.165) is 44.8 Å². The second-order valence-corrected chi connectivity index (χ2v) is 8.99. The highest BCUT2D eigenvalue weighted by Crippen LogP contribution is 2.33. The molecule has 0 amide bonds. The van der Waals surface area contributed by atoms with Crippen molar-refractivity contribution in [3.05, 3.63) is 144 Å². The first-order valence-electron chi connectivity index (χ1n) is 11.9. The van der Waals surface area contributed by atoms with Crippen LogP contribution in [0.1, 0.15) is 11.1 Å². The van der Waals surface area contributed by atoms with Gasteiger partial charge in [0.25, 0.3) is 0 Å². The Morgan fingerprint density at radius 1 is 0.450 bits per heavy atom. The molecule has 0 aliphatic heterocycles. The average molecular weight is 610 g/mol. The monoisotopic (exact) mass is 608 g/mol. The van der Waals surface area contributed by atoms with E-state index in [-0.39, 0.29) is 37.2 Å². The van der Waals surface area contributed by atoms with Gasteiger partial charge in [-0.15, -0.1) is 37.2 Å². The van der Waals surface area contributed by atoms with Crippen molar-refractivity contribution in [2.24, 2.45) is 21.5 Å². The Balaban J connectivity index is 0.00000187. The molecule has 5 rings (SSSR count). The van der Waals surface area contributed by atoms with Gasteiger partial charge in [-0.25, -0.2) is 9.98 Å². The van der Waals surface area contributed by atoms with E-state index in [0.29, 0.717) is 16.7 Å². The van der Waals surface area contributed by atoms with Gasteiger partial charge in [-0.3, -0.25) is 0 Å². The van der Waals surface area contributed by atoms with Gasteiger partial charge in [-0.1, -0.05) is 96.5 Å². The van der Waals surface area contributed by atoms with E-state index < -0.39 is 0 Å². The summed E-state index contributed by atoms with van der Waals surface area (Å²) in [6.45, 7) is 0. The number of amidine groups is 2. The molecule has 0 aromatic heterocycles. The first-order chi connectivity index (χ1) is 18.0. The summed E-state index contributed by atoms with van der Waals surface area (Å²) >= 11 is 6.56. The fraction of sp³-hybridized carbons (Fsp3) is 0. The number of halogens is 4. The van der Waals surface area contributed by atoms with Gasteiger partial charge >= 0.3 is 0 Å². The topological polar surface area (TPSA) is 76.8 Å². The van der Waals surface area contributed by atoms with Crippen molar-refractivity contribution in [3.8, 4) is 22.3 Å². The minimum Gasteiger partial charge on any atom is -0.383 e.